The van der Waals surface area contributed by atoms with E-state index in [-0.39, 0.29) is 10.6 Å². The normalized spacial score (nSPS) is 10.2. The van der Waals surface area contributed by atoms with Crippen LogP contribution in [-0.4, -0.2) is 21.8 Å². The first-order valence-electron chi connectivity index (χ1n) is 4.81. The number of thioether (sulfide) groups is 1. The van der Waals surface area contributed by atoms with Gasteiger partial charge in [0.05, 0.1) is 9.82 Å². The summed E-state index contributed by atoms with van der Waals surface area (Å²) in [5, 5.41) is 19.4. The topological polar surface area (TPSA) is 80.4 Å². The Morgan fingerprint density at radius 1 is 1.59 bits per heavy atom. The SMILES string of the molecule is CCCSc1cc(F)c(C(=O)O)cc1[N+](=O)[O-]. The molecule has 0 aliphatic heterocycles. The molecule has 7 heteroatoms. The molecule has 0 saturated heterocycles. The number of nitro groups is 1. The van der Waals surface area contributed by atoms with Crippen LogP contribution in [0.3, 0.4) is 0 Å². The molecule has 0 spiro atoms. The fourth-order valence-corrected chi connectivity index (χ4v) is 2.07. The first-order valence-corrected chi connectivity index (χ1v) is 5.80. The van der Waals surface area contributed by atoms with Crippen LogP contribution in [0.15, 0.2) is 17.0 Å². The van der Waals surface area contributed by atoms with Crippen LogP contribution in [0.1, 0.15) is 23.7 Å². The third-order valence-electron chi connectivity index (χ3n) is 1.94. The molecule has 1 aromatic rings. The molecule has 0 bridgehead atoms. The molecule has 1 rings (SSSR count). The van der Waals surface area contributed by atoms with Gasteiger partial charge < -0.3 is 5.11 Å². The highest BCUT2D eigenvalue weighted by Gasteiger charge is 2.21. The Morgan fingerprint density at radius 3 is 2.71 bits per heavy atom. The van der Waals surface area contributed by atoms with Gasteiger partial charge >= 0.3 is 5.97 Å². The molecule has 0 heterocycles. The zero-order valence-electron chi connectivity index (χ0n) is 8.97. The third kappa shape index (κ3) is 3.16. The second-order valence-corrected chi connectivity index (χ2v) is 4.35. The lowest BCUT2D eigenvalue weighted by Crippen LogP contribution is -2.03. The van der Waals surface area contributed by atoms with Crippen LogP contribution in [-0.2, 0) is 0 Å². The summed E-state index contributed by atoms with van der Waals surface area (Å²) < 4.78 is 13.4. The number of carboxylic acid groups (broad SMARTS) is 1. The lowest BCUT2D eigenvalue weighted by atomic mass is 10.2. The number of hydrogen-bond donors (Lipinski definition) is 1. The van der Waals surface area contributed by atoms with E-state index in [2.05, 4.69) is 0 Å². The summed E-state index contributed by atoms with van der Waals surface area (Å²) in [5.41, 5.74) is -1.06. The van der Waals surface area contributed by atoms with E-state index in [1.54, 1.807) is 0 Å². The van der Waals surface area contributed by atoms with Gasteiger partial charge in [0.1, 0.15) is 11.4 Å². The maximum Gasteiger partial charge on any atom is 0.338 e. The number of benzene rings is 1. The van der Waals surface area contributed by atoms with Gasteiger partial charge in [-0.25, -0.2) is 9.18 Å². The van der Waals surface area contributed by atoms with Crippen LogP contribution in [0.25, 0.3) is 0 Å². The monoisotopic (exact) mass is 259 g/mol. The highest BCUT2D eigenvalue weighted by molar-refractivity contribution is 7.99. The van der Waals surface area contributed by atoms with Gasteiger partial charge in [0.2, 0.25) is 0 Å². The predicted octanol–water partition coefficient (Wildman–Crippen LogP) is 2.93. The Balaban J connectivity index is 3.25. The molecule has 0 fully saturated rings. The Bertz CT molecular complexity index is 464. The fourth-order valence-electron chi connectivity index (χ4n) is 1.18. The van der Waals surface area contributed by atoms with Crippen molar-refractivity contribution in [3.63, 3.8) is 0 Å². The van der Waals surface area contributed by atoms with Crippen molar-refractivity contribution in [1.29, 1.82) is 0 Å². The molecular formula is C10H10FNO4S. The smallest absolute Gasteiger partial charge is 0.338 e. The number of hydrogen-bond acceptors (Lipinski definition) is 4. The lowest BCUT2D eigenvalue weighted by Gasteiger charge is -2.04. The van der Waals surface area contributed by atoms with Gasteiger partial charge in [0.25, 0.3) is 5.69 Å². The minimum absolute atomic E-state index is 0.152. The number of nitro benzene ring substituents is 1. The molecule has 0 aliphatic rings. The standard InChI is InChI=1S/C10H10FNO4S/c1-2-3-17-9-5-7(11)6(10(13)14)4-8(9)12(15)16/h4-5H,2-3H2,1H3,(H,13,14). The van der Waals surface area contributed by atoms with Crippen molar-refractivity contribution in [3.05, 3.63) is 33.6 Å². The van der Waals surface area contributed by atoms with Crippen molar-refractivity contribution < 1.29 is 19.2 Å². The average molecular weight is 259 g/mol. The van der Waals surface area contributed by atoms with Gasteiger partial charge in [-0.05, 0) is 18.2 Å². The summed E-state index contributed by atoms with van der Waals surface area (Å²) in [4.78, 5) is 20.8. The average Bonchev–Trinajstić information content (AvgIpc) is 2.25. The molecule has 1 N–H and O–H groups in total. The number of aromatic carboxylic acids is 1. The number of halogens is 1. The Labute approximate surface area is 101 Å². The van der Waals surface area contributed by atoms with Gasteiger partial charge in [-0.2, -0.15) is 0 Å². The molecule has 0 aromatic heterocycles. The molecule has 0 aliphatic carbocycles. The van der Waals surface area contributed by atoms with Gasteiger partial charge in [-0.1, -0.05) is 6.92 Å². The Hall–Kier alpha value is -1.63. The first kappa shape index (κ1) is 13.4. The number of carbonyl (C=O) groups is 1. The van der Waals surface area contributed by atoms with Crippen molar-refractivity contribution in [1.82, 2.24) is 0 Å². The summed E-state index contributed by atoms with van der Waals surface area (Å²) in [7, 11) is 0. The van der Waals surface area contributed by atoms with Crippen LogP contribution in [0.2, 0.25) is 0 Å². The summed E-state index contributed by atoms with van der Waals surface area (Å²) >= 11 is 1.14. The van der Waals surface area contributed by atoms with Gasteiger partial charge in [0.15, 0.2) is 0 Å². The predicted molar refractivity (Wildman–Crippen MR) is 61.0 cm³/mol. The zero-order valence-corrected chi connectivity index (χ0v) is 9.79. The Kier molecular flexibility index (Phi) is 4.45. The first-order chi connectivity index (χ1) is 7.97. The largest absolute Gasteiger partial charge is 0.478 e. The maximum atomic E-state index is 13.4. The summed E-state index contributed by atoms with van der Waals surface area (Å²) in [6, 6.07) is 1.66. The number of nitrogens with zero attached hydrogens (tertiary/aromatic N) is 1. The van der Waals surface area contributed by atoms with Gasteiger partial charge in [-0.3, -0.25) is 10.1 Å². The molecular weight excluding hydrogens is 249 g/mol. The van der Waals surface area contributed by atoms with Crippen LogP contribution in [0, 0.1) is 15.9 Å². The van der Waals surface area contributed by atoms with E-state index in [9.17, 15) is 19.3 Å². The highest BCUT2D eigenvalue weighted by Crippen LogP contribution is 2.32. The zero-order chi connectivity index (χ0) is 13.0. The van der Waals surface area contributed by atoms with Crippen molar-refractivity contribution >= 4 is 23.4 Å². The van der Waals surface area contributed by atoms with Crippen molar-refractivity contribution in [3.8, 4) is 0 Å². The van der Waals surface area contributed by atoms with E-state index in [1.807, 2.05) is 6.92 Å². The lowest BCUT2D eigenvalue weighted by molar-refractivity contribution is -0.387. The summed E-state index contributed by atoms with van der Waals surface area (Å²) in [5.74, 6) is -1.87. The van der Waals surface area contributed by atoms with Crippen LogP contribution in [0.5, 0.6) is 0 Å². The van der Waals surface area contributed by atoms with Crippen LogP contribution in [0.4, 0.5) is 10.1 Å². The minimum Gasteiger partial charge on any atom is -0.478 e. The second-order valence-electron chi connectivity index (χ2n) is 3.21. The molecule has 17 heavy (non-hydrogen) atoms. The molecule has 0 amide bonds. The molecule has 0 saturated carbocycles. The van der Waals surface area contributed by atoms with E-state index in [1.165, 1.54) is 0 Å². The quantitative estimate of drug-likeness (QED) is 0.499. The minimum atomic E-state index is -1.52. The Morgan fingerprint density at radius 2 is 2.24 bits per heavy atom. The number of rotatable bonds is 5. The van der Waals surface area contributed by atoms with Crippen LogP contribution >= 0.6 is 11.8 Å². The van der Waals surface area contributed by atoms with E-state index in [0.29, 0.717) is 5.75 Å². The summed E-state index contributed by atoms with van der Waals surface area (Å²) in [6.07, 6.45) is 0.782. The van der Waals surface area contributed by atoms with Crippen molar-refractivity contribution in [2.75, 3.05) is 5.75 Å². The summed E-state index contributed by atoms with van der Waals surface area (Å²) in [6.45, 7) is 1.89. The van der Waals surface area contributed by atoms with Crippen molar-refractivity contribution in [2.24, 2.45) is 0 Å². The van der Waals surface area contributed by atoms with Crippen LogP contribution < -0.4 is 0 Å². The fraction of sp³-hybridized carbons (Fsp3) is 0.300. The molecule has 5 nitrogen and oxygen atoms in total. The molecule has 0 unspecified atom stereocenters. The molecule has 1 aromatic carbocycles. The van der Waals surface area contributed by atoms with Gasteiger partial charge in [0, 0.05) is 6.07 Å². The van der Waals surface area contributed by atoms with E-state index in [0.717, 1.165) is 30.3 Å². The second kappa shape index (κ2) is 5.62. The van der Waals surface area contributed by atoms with Gasteiger partial charge in [-0.15, -0.1) is 11.8 Å². The van der Waals surface area contributed by atoms with E-state index < -0.39 is 22.3 Å². The highest BCUT2D eigenvalue weighted by atomic mass is 32.2. The van der Waals surface area contributed by atoms with Crippen molar-refractivity contribution in [2.45, 2.75) is 18.2 Å². The maximum absolute atomic E-state index is 13.4. The molecule has 0 radical (unpaired) electrons. The molecule has 0 atom stereocenters. The molecule has 92 valence electrons. The van der Waals surface area contributed by atoms with E-state index in [4.69, 9.17) is 5.11 Å². The van der Waals surface area contributed by atoms with E-state index >= 15 is 0 Å². The third-order valence-corrected chi connectivity index (χ3v) is 3.19. The number of carboxylic acids is 1.